The van der Waals surface area contributed by atoms with Gasteiger partial charge in [0, 0.05) is 0 Å². The molecule has 1 rings (SSSR count). The zero-order valence-electron chi connectivity index (χ0n) is 8.57. The SMILES string of the molecule is C[Si]1(C#N)O[Si](C)(C#N)O[Si](C)(C#N)O1. The highest BCUT2D eigenvalue weighted by Crippen LogP contribution is 2.29. The highest BCUT2D eigenvalue weighted by atomic mass is 28.5. The zero-order valence-corrected chi connectivity index (χ0v) is 11.6. The molecular formula is C6H9N3O3Si3. The van der Waals surface area contributed by atoms with E-state index >= 15 is 0 Å². The summed E-state index contributed by atoms with van der Waals surface area (Å²) in [7, 11) is -9.19. The molecule has 9 heteroatoms. The molecule has 1 aliphatic heterocycles. The molecule has 0 amide bonds. The lowest BCUT2D eigenvalue weighted by atomic mass is 11.8. The minimum Gasteiger partial charge on any atom is -0.395 e. The van der Waals surface area contributed by atoms with Crippen molar-refractivity contribution in [2.75, 3.05) is 0 Å². The molecule has 0 aromatic rings. The molecule has 0 aromatic heterocycles. The van der Waals surface area contributed by atoms with Crippen LogP contribution in [-0.2, 0) is 12.3 Å². The second kappa shape index (κ2) is 3.54. The van der Waals surface area contributed by atoms with E-state index in [1.54, 1.807) is 0 Å². The summed E-state index contributed by atoms with van der Waals surface area (Å²) in [5.74, 6) is 0. The van der Waals surface area contributed by atoms with Gasteiger partial charge in [0.1, 0.15) is 0 Å². The van der Waals surface area contributed by atoms with E-state index in [1.165, 1.54) is 19.6 Å². The van der Waals surface area contributed by atoms with Gasteiger partial charge in [-0.2, -0.15) is 0 Å². The molecule has 0 spiro atoms. The van der Waals surface area contributed by atoms with Gasteiger partial charge in [-0.1, -0.05) is 0 Å². The fourth-order valence-electron chi connectivity index (χ4n) is 1.31. The van der Waals surface area contributed by atoms with E-state index in [1.807, 2.05) is 17.1 Å². The van der Waals surface area contributed by atoms with Gasteiger partial charge < -0.3 is 12.3 Å². The predicted octanol–water partition coefficient (Wildman–Crippen LogP) is 0.454. The fraction of sp³-hybridized carbons (Fsp3) is 0.500. The third kappa shape index (κ3) is 2.33. The molecule has 0 aliphatic carbocycles. The van der Waals surface area contributed by atoms with Gasteiger partial charge in [0.15, 0.2) is 0 Å². The lowest BCUT2D eigenvalue weighted by Crippen LogP contribution is -2.66. The zero-order chi connectivity index (χ0) is 11.7. The second-order valence-electron chi connectivity index (χ2n) is 3.48. The van der Waals surface area contributed by atoms with Crippen molar-refractivity contribution in [2.24, 2.45) is 0 Å². The maximum Gasteiger partial charge on any atom is 0.434 e. The Kier molecular flexibility index (Phi) is 2.85. The Morgan fingerprint density at radius 2 is 0.867 bits per heavy atom. The van der Waals surface area contributed by atoms with Crippen LogP contribution in [0.25, 0.3) is 0 Å². The Balaban J connectivity index is 3.13. The van der Waals surface area contributed by atoms with Crippen molar-refractivity contribution in [1.82, 2.24) is 0 Å². The molecule has 1 heterocycles. The van der Waals surface area contributed by atoms with E-state index in [0.717, 1.165) is 0 Å². The fourth-order valence-corrected chi connectivity index (χ4v) is 13.0. The van der Waals surface area contributed by atoms with E-state index in [0.29, 0.717) is 0 Å². The first-order valence-corrected chi connectivity index (χ1v) is 11.1. The van der Waals surface area contributed by atoms with E-state index in [2.05, 4.69) is 0 Å². The Morgan fingerprint density at radius 1 is 0.667 bits per heavy atom. The Morgan fingerprint density at radius 3 is 1.00 bits per heavy atom. The minimum atomic E-state index is -3.06. The van der Waals surface area contributed by atoms with E-state index < -0.39 is 25.7 Å². The third-order valence-corrected chi connectivity index (χ3v) is 12.3. The molecule has 0 radical (unpaired) electrons. The summed E-state index contributed by atoms with van der Waals surface area (Å²) >= 11 is 0. The highest BCUT2D eigenvalue weighted by molar-refractivity contribution is 7.00. The molecule has 0 aromatic carbocycles. The maximum absolute atomic E-state index is 8.94. The van der Waals surface area contributed by atoms with Crippen molar-refractivity contribution < 1.29 is 12.3 Å². The van der Waals surface area contributed by atoms with Crippen LogP contribution >= 0.6 is 0 Å². The summed E-state index contributed by atoms with van der Waals surface area (Å²) < 4.78 is 16.1. The molecule has 78 valence electrons. The van der Waals surface area contributed by atoms with Crippen LogP contribution in [0.4, 0.5) is 0 Å². The average Bonchev–Trinajstić information content (AvgIpc) is 2.16. The molecule has 1 fully saturated rings. The normalized spacial score (nSPS) is 44.8. The van der Waals surface area contributed by atoms with Gasteiger partial charge in [0.25, 0.3) is 0 Å². The average molecular weight is 255 g/mol. The van der Waals surface area contributed by atoms with Crippen LogP contribution in [-0.4, -0.2) is 25.7 Å². The Hall–Kier alpha value is -0.999. The monoisotopic (exact) mass is 255 g/mol. The Labute approximate surface area is 91.0 Å². The van der Waals surface area contributed by atoms with Gasteiger partial charge in [-0.3, -0.25) is 0 Å². The quantitative estimate of drug-likeness (QED) is 0.583. The van der Waals surface area contributed by atoms with Gasteiger partial charge in [-0.05, 0) is 19.6 Å². The number of hydrogen-bond donors (Lipinski definition) is 0. The van der Waals surface area contributed by atoms with Crippen molar-refractivity contribution in [2.45, 2.75) is 19.6 Å². The highest BCUT2D eigenvalue weighted by Gasteiger charge is 2.59. The van der Waals surface area contributed by atoms with Gasteiger partial charge in [-0.25, -0.2) is 15.8 Å². The van der Waals surface area contributed by atoms with Crippen LogP contribution in [0.5, 0.6) is 0 Å². The molecule has 1 saturated heterocycles. The van der Waals surface area contributed by atoms with Gasteiger partial charge in [-0.15, -0.1) is 0 Å². The molecule has 0 saturated carbocycles. The van der Waals surface area contributed by atoms with Crippen LogP contribution in [0.2, 0.25) is 19.6 Å². The lowest BCUT2D eigenvalue weighted by Gasteiger charge is -2.40. The van der Waals surface area contributed by atoms with E-state index in [9.17, 15) is 0 Å². The molecule has 15 heavy (non-hydrogen) atoms. The summed E-state index contributed by atoms with van der Waals surface area (Å²) in [6, 6.07) is 0. The predicted molar refractivity (Wildman–Crippen MR) is 54.9 cm³/mol. The molecule has 1 aliphatic rings. The van der Waals surface area contributed by atoms with Gasteiger partial charge in [0.2, 0.25) is 0 Å². The third-order valence-electron chi connectivity index (χ3n) is 1.78. The minimum absolute atomic E-state index is 1.53. The van der Waals surface area contributed by atoms with Crippen LogP contribution < -0.4 is 0 Å². The first kappa shape index (κ1) is 12.1. The van der Waals surface area contributed by atoms with Crippen LogP contribution in [0.1, 0.15) is 0 Å². The summed E-state index contributed by atoms with van der Waals surface area (Å²) in [5.41, 5.74) is 5.82. The number of hydrogen-bond acceptors (Lipinski definition) is 6. The molecule has 6 nitrogen and oxygen atoms in total. The lowest BCUT2D eigenvalue weighted by molar-refractivity contribution is 0.254. The summed E-state index contributed by atoms with van der Waals surface area (Å²) in [6.45, 7) is 4.59. The first-order valence-electron chi connectivity index (χ1n) is 4.15. The maximum atomic E-state index is 8.94. The molecular weight excluding hydrogens is 246 g/mol. The number of rotatable bonds is 0. The molecule has 0 N–H and O–H groups in total. The first-order chi connectivity index (χ1) is 6.80. The van der Waals surface area contributed by atoms with Crippen LogP contribution in [0, 0.1) is 32.9 Å². The van der Waals surface area contributed by atoms with Crippen molar-refractivity contribution in [3.63, 3.8) is 0 Å². The van der Waals surface area contributed by atoms with Crippen molar-refractivity contribution in [1.29, 1.82) is 15.8 Å². The van der Waals surface area contributed by atoms with Gasteiger partial charge >= 0.3 is 25.7 Å². The molecule has 0 unspecified atom stereocenters. The van der Waals surface area contributed by atoms with Crippen molar-refractivity contribution in [3.05, 3.63) is 0 Å². The van der Waals surface area contributed by atoms with Gasteiger partial charge in [0.05, 0.1) is 17.1 Å². The summed E-state index contributed by atoms with van der Waals surface area (Å²) in [4.78, 5) is 0. The number of nitrogens with zero attached hydrogens (tertiary/aromatic N) is 3. The summed E-state index contributed by atoms with van der Waals surface area (Å²) in [5, 5.41) is 26.8. The standard InChI is InChI=1S/C6H9N3O3Si3/c1-13(4-7)10-14(2,5-8)12-15(3,6-9)11-13/h1-3H3. The van der Waals surface area contributed by atoms with Crippen molar-refractivity contribution >= 4 is 25.7 Å². The summed E-state index contributed by atoms with van der Waals surface area (Å²) in [6.07, 6.45) is 0. The molecule has 0 bridgehead atoms. The second-order valence-corrected chi connectivity index (χ2v) is 12.3. The topological polar surface area (TPSA) is 99.1 Å². The van der Waals surface area contributed by atoms with Crippen LogP contribution in [0.3, 0.4) is 0 Å². The number of nitriles is 3. The van der Waals surface area contributed by atoms with E-state index in [-0.39, 0.29) is 0 Å². The Bertz CT molecular complexity index is 339. The molecule has 0 atom stereocenters. The van der Waals surface area contributed by atoms with E-state index in [4.69, 9.17) is 28.1 Å². The van der Waals surface area contributed by atoms with Crippen molar-refractivity contribution in [3.8, 4) is 17.1 Å². The smallest absolute Gasteiger partial charge is 0.395 e. The van der Waals surface area contributed by atoms with Crippen LogP contribution in [0.15, 0.2) is 0 Å². The largest absolute Gasteiger partial charge is 0.434 e.